The summed E-state index contributed by atoms with van der Waals surface area (Å²) in [6.45, 7) is 0.184. The van der Waals surface area contributed by atoms with Crippen molar-refractivity contribution in [2.75, 3.05) is 13.1 Å². The topological polar surface area (TPSA) is 55.1 Å². The molecule has 1 unspecified atom stereocenters. The summed E-state index contributed by atoms with van der Waals surface area (Å²) >= 11 is 0. The summed E-state index contributed by atoms with van der Waals surface area (Å²) < 4.78 is 35.9. The lowest BCUT2D eigenvalue weighted by molar-refractivity contribution is -0.136. The summed E-state index contributed by atoms with van der Waals surface area (Å²) in [5.41, 5.74) is 6.53. The number of alkyl halides is 3. The highest BCUT2D eigenvalue weighted by molar-refractivity contribution is 5.79. The molecule has 1 rings (SSSR count). The van der Waals surface area contributed by atoms with Crippen LogP contribution in [0.5, 0.6) is 0 Å². The number of nitrogens with two attached hydrogens (primary N) is 1. The number of hydrogen-bond acceptors (Lipinski definition) is 2. The van der Waals surface area contributed by atoms with E-state index in [0.29, 0.717) is 6.42 Å². The molecule has 0 spiro atoms. The van der Waals surface area contributed by atoms with E-state index in [-0.39, 0.29) is 25.4 Å². The third-order valence-corrected chi connectivity index (χ3v) is 2.92. The SMILES string of the molecule is NCC(Cc1ccccc1)C(=O)NCCCC(F)(F)F. The Balaban J connectivity index is 2.36. The van der Waals surface area contributed by atoms with Gasteiger partial charge in [-0.15, -0.1) is 0 Å². The molecule has 0 radical (unpaired) electrons. The molecule has 0 saturated heterocycles. The maximum absolute atomic E-state index is 12.0. The molecule has 0 aliphatic heterocycles. The van der Waals surface area contributed by atoms with Gasteiger partial charge in [0, 0.05) is 19.5 Å². The van der Waals surface area contributed by atoms with Crippen molar-refractivity contribution in [2.45, 2.75) is 25.4 Å². The summed E-state index contributed by atoms with van der Waals surface area (Å²) in [5.74, 6) is -0.707. The Morgan fingerprint density at radius 1 is 1.25 bits per heavy atom. The normalized spacial score (nSPS) is 13.0. The number of amides is 1. The van der Waals surface area contributed by atoms with Crippen LogP contribution in [0.1, 0.15) is 18.4 Å². The number of carbonyl (C=O) groups excluding carboxylic acids is 1. The molecule has 1 atom stereocenters. The summed E-state index contributed by atoms with van der Waals surface area (Å²) in [7, 11) is 0. The highest BCUT2D eigenvalue weighted by Crippen LogP contribution is 2.20. The van der Waals surface area contributed by atoms with Crippen LogP contribution in [0.25, 0.3) is 0 Å². The minimum Gasteiger partial charge on any atom is -0.356 e. The number of carbonyl (C=O) groups is 1. The molecule has 6 heteroatoms. The predicted molar refractivity (Wildman–Crippen MR) is 71.0 cm³/mol. The zero-order valence-electron chi connectivity index (χ0n) is 11.1. The van der Waals surface area contributed by atoms with Crippen molar-refractivity contribution in [2.24, 2.45) is 11.7 Å². The lowest BCUT2D eigenvalue weighted by Crippen LogP contribution is -2.37. The fraction of sp³-hybridized carbons (Fsp3) is 0.500. The monoisotopic (exact) mass is 288 g/mol. The standard InChI is InChI=1S/C14H19F3N2O/c15-14(16,17)7-4-8-19-13(20)12(10-18)9-11-5-2-1-3-6-11/h1-3,5-6,12H,4,7-10,18H2,(H,19,20). The summed E-state index contributed by atoms with van der Waals surface area (Å²) in [4.78, 5) is 11.8. The number of hydrogen-bond donors (Lipinski definition) is 2. The van der Waals surface area contributed by atoms with Crippen molar-refractivity contribution in [1.29, 1.82) is 0 Å². The van der Waals surface area contributed by atoms with Crippen molar-refractivity contribution >= 4 is 5.91 Å². The molecule has 3 nitrogen and oxygen atoms in total. The van der Waals surface area contributed by atoms with Gasteiger partial charge < -0.3 is 11.1 Å². The van der Waals surface area contributed by atoms with Crippen LogP contribution < -0.4 is 11.1 Å². The maximum Gasteiger partial charge on any atom is 0.389 e. The molecule has 20 heavy (non-hydrogen) atoms. The van der Waals surface area contributed by atoms with E-state index in [1.807, 2.05) is 30.3 Å². The maximum atomic E-state index is 12.0. The molecule has 0 aliphatic rings. The van der Waals surface area contributed by atoms with Crippen molar-refractivity contribution in [3.63, 3.8) is 0 Å². The summed E-state index contributed by atoms with van der Waals surface area (Å²) in [6.07, 6.45) is -4.69. The number of nitrogens with one attached hydrogen (secondary N) is 1. The van der Waals surface area contributed by atoms with Gasteiger partial charge in [0.2, 0.25) is 5.91 Å². The Labute approximate surface area is 116 Å². The average molecular weight is 288 g/mol. The van der Waals surface area contributed by atoms with Gasteiger partial charge in [0.25, 0.3) is 0 Å². The smallest absolute Gasteiger partial charge is 0.356 e. The Hall–Kier alpha value is -1.56. The summed E-state index contributed by atoms with van der Waals surface area (Å²) in [5, 5.41) is 2.51. The molecule has 1 aromatic rings. The molecular weight excluding hydrogens is 269 g/mol. The molecule has 0 aliphatic carbocycles. The molecule has 0 fully saturated rings. The van der Waals surface area contributed by atoms with E-state index in [0.717, 1.165) is 5.56 Å². The molecule has 1 aromatic carbocycles. The first-order valence-electron chi connectivity index (χ1n) is 6.51. The van der Waals surface area contributed by atoms with Crippen molar-refractivity contribution in [3.05, 3.63) is 35.9 Å². The summed E-state index contributed by atoms with van der Waals surface area (Å²) in [6, 6.07) is 9.38. The zero-order valence-corrected chi connectivity index (χ0v) is 11.1. The second-order valence-corrected chi connectivity index (χ2v) is 4.63. The molecule has 1 amide bonds. The van der Waals surface area contributed by atoms with Gasteiger partial charge in [-0.2, -0.15) is 13.2 Å². The van der Waals surface area contributed by atoms with Gasteiger partial charge in [0.05, 0.1) is 5.92 Å². The minimum atomic E-state index is -4.18. The Kier molecular flexibility index (Phi) is 6.51. The molecule has 0 bridgehead atoms. The Morgan fingerprint density at radius 2 is 1.90 bits per heavy atom. The van der Waals surface area contributed by atoms with Crippen molar-refractivity contribution in [1.82, 2.24) is 5.32 Å². The highest BCUT2D eigenvalue weighted by atomic mass is 19.4. The van der Waals surface area contributed by atoms with Crippen molar-refractivity contribution < 1.29 is 18.0 Å². The van der Waals surface area contributed by atoms with Gasteiger partial charge in [0.15, 0.2) is 0 Å². The Morgan fingerprint density at radius 3 is 2.45 bits per heavy atom. The first kappa shape index (κ1) is 16.5. The number of halogens is 3. The van der Waals surface area contributed by atoms with Gasteiger partial charge in [-0.05, 0) is 18.4 Å². The molecular formula is C14H19F3N2O. The van der Waals surface area contributed by atoms with E-state index in [2.05, 4.69) is 5.32 Å². The van der Waals surface area contributed by atoms with Gasteiger partial charge in [-0.25, -0.2) is 0 Å². The molecule has 3 N–H and O–H groups in total. The van der Waals surface area contributed by atoms with E-state index in [1.165, 1.54) is 0 Å². The van der Waals surface area contributed by atoms with Crippen LogP contribution >= 0.6 is 0 Å². The minimum absolute atomic E-state index is 0.0175. The average Bonchev–Trinajstić information content (AvgIpc) is 2.41. The number of rotatable bonds is 7. The van der Waals surface area contributed by atoms with Gasteiger partial charge in [-0.1, -0.05) is 30.3 Å². The lowest BCUT2D eigenvalue weighted by atomic mass is 9.98. The lowest BCUT2D eigenvalue weighted by Gasteiger charge is -2.15. The fourth-order valence-corrected chi connectivity index (χ4v) is 1.83. The number of benzene rings is 1. The van der Waals surface area contributed by atoms with Gasteiger partial charge in [0.1, 0.15) is 0 Å². The van der Waals surface area contributed by atoms with Crippen molar-refractivity contribution in [3.8, 4) is 0 Å². The van der Waals surface area contributed by atoms with E-state index in [4.69, 9.17) is 5.73 Å². The largest absolute Gasteiger partial charge is 0.389 e. The molecule has 0 saturated carbocycles. The van der Waals surface area contributed by atoms with Gasteiger partial charge >= 0.3 is 6.18 Å². The van der Waals surface area contributed by atoms with Crippen LogP contribution in [-0.2, 0) is 11.2 Å². The first-order chi connectivity index (χ1) is 9.42. The zero-order chi connectivity index (χ0) is 15.0. The first-order valence-corrected chi connectivity index (χ1v) is 6.51. The van der Waals surface area contributed by atoms with Crippen LogP contribution in [0.4, 0.5) is 13.2 Å². The predicted octanol–water partition coefficient (Wildman–Crippen LogP) is 2.26. The van der Waals surface area contributed by atoms with Crippen LogP contribution in [0, 0.1) is 5.92 Å². The van der Waals surface area contributed by atoms with Crippen LogP contribution in [0.15, 0.2) is 30.3 Å². The third kappa shape index (κ3) is 6.56. The van der Waals surface area contributed by atoms with Crippen LogP contribution in [0.3, 0.4) is 0 Å². The van der Waals surface area contributed by atoms with Crippen LogP contribution in [0.2, 0.25) is 0 Å². The second kappa shape index (κ2) is 7.89. The second-order valence-electron chi connectivity index (χ2n) is 4.63. The van der Waals surface area contributed by atoms with E-state index >= 15 is 0 Å². The van der Waals surface area contributed by atoms with Crippen LogP contribution in [-0.4, -0.2) is 25.2 Å². The molecule has 112 valence electrons. The third-order valence-electron chi connectivity index (χ3n) is 2.92. The fourth-order valence-electron chi connectivity index (χ4n) is 1.83. The highest BCUT2D eigenvalue weighted by Gasteiger charge is 2.26. The molecule has 0 heterocycles. The van der Waals surface area contributed by atoms with E-state index < -0.39 is 18.5 Å². The quantitative estimate of drug-likeness (QED) is 0.756. The van der Waals surface area contributed by atoms with Gasteiger partial charge in [-0.3, -0.25) is 4.79 Å². The Bertz CT molecular complexity index is 407. The molecule has 0 aromatic heterocycles. The van der Waals surface area contributed by atoms with E-state index in [1.54, 1.807) is 0 Å². The van der Waals surface area contributed by atoms with E-state index in [9.17, 15) is 18.0 Å².